The molecule has 0 aliphatic rings. The Morgan fingerprint density at radius 2 is 2.10 bits per heavy atom. The summed E-state index contributed by atoms with van der Waals surface area (Å²) < 4.78 is 37.5. The van der Waals surface area contributed by atoms with Gasteiger partial charge in [-0.2, -0.15) is 0 Å². The minimum Gasteiger partial charge on any atom is -0.465 e. The minimum absolute atomic E-state index is 0.0854. The number of thiophene rings is 1. The number of hydrogen-bond donors (Lipinski definition) is 2. The van der Waals surface area contributed by atoms with Gasteiger partial charge in [0.15, 0.2) is 6.29 Å². The molecule has 2 N–H and O–H groups in total. The van der Waals surface area contributed by atoms with Crippen molar-refractivity contribution in [3.8, 4) is 0 Å². The summed E-state index contributed by atoms with van der Waals surface area (Å²) in [5.74, 6) is 0.515. The monoisotopic (exact) mass is 317 g/mol. The molecule has 0 bridgehead atoms. The van der Waals surface area contributed by atoms with Crippen LogP contribution in [0.2, 0.25) is 0 Å². The second kappa shape index (κ2) is 5.57. The molecule has 0 spiro atoms. The number of nitrogens with one attached hydrogen (secondary N) is 1. The lowest BCUT2D eigenvalue weighted by Crippen LogP contribution is -2.16. The average Bonchev–Trinajstić information content (AvgIpc) is 2.95. The van der Waals surface area contributed by atoms with Gasteiger partial charge in [0.25, 0.3) is 10.0 Å². The van der Waals surface area contributed by atoms with Crippen LogP contribution in [0.25, 0.3) is 0 Å². The first-order chi connectivity index (χ1) is 9.36. The predicted molar refractivity (Wildman–Crippen MR) is 75.3 cm³/mol. The minimum atomic E-state index is -3.85. The van der Waals surface area contributed by atoms with Gasteiger partial charge in [-0.05, 0) is 31.4 Å². The largest absolute Gasteiger partial charge is 0.465 e. The van der Waals surface area contributed by atoms with Crippen LogP contribution in [0.5, 0.6) is 0 Å². The lowest BCUT2D eigenvalue weighted by atomic mass is 10.2. The highest BCUT2D eigenvalue weighted by molar-refractivity contribution is 7.93. The molecule has 1 unspecified atom stereocenters. The predicted octanol–water partition coefficient (Wildman–Crippen LogP) is 2.40. The quantitative estimate of drug-likeness (QED) is 0.827. The van der Waals surface area contributed by atoms with Crippen molar-refractivity contribution >= 4 is 26.4 Å². The number of sulfonamides is 1. The fourth-order valence-corrected chi connectivity index (χ4v) is 4.31. The van der Waals surface area contributed by atoms with Crippen molar-refractivity contribution in [2.45, 2.75) is 25.0 Å². The standard InChI is InChI=1S/C12H15NO5S2/c1-7-10(12(14)17-3)11(8(2)18-7)20(15,16)13-9-5-4-6-19-9/h4-6,12-14H,1-3H3. The maximum Gasteiger partial charge on any atom is 0.266 e. The Morgan fingerprint density at radius 1 is 1.40 bits per heavy atom. The van der Waals surface area contributed by atoms with E-state index in [1.54, 1.807) is 24.4 Å². The van der Waals surface area contributed by atoms with Crippen molar-refractivity contribution in [1.29, 1.82) is 0 Å². The fourth-order valence-electron chi connectivity index (χ4n) is 1.94. The Kier molecular flexibility index (Phi) is 4.19. The molecule has 0 fully saturated rings. The number of hydrogen-bond acceptors (Lipinski definition) is 6. The highest BCUT2D eigenvalue weighted by Crippen LogP contribution is 2.33. The Bertz CT molecular complexity index is 688. The summed E-state index contributed by atoms with van der Waals surface area (Å²) in [6, 6.07) is 3.39. The van der Waals surface area contributed by atoms with Crippen molar-refractivity contribution in [3.05, 3.63) is 34.6 Å². The summed E-state index contributed by atoms with van der Waals surface area (Å²) in [5, 5.41) is 12.1. The van der Waals surface area contributed by atoms with Crippen molar-refractivity contribution in [2.24, 2.45) is 0 Å². The van der Waals surface area contributed by atoms with Gasteiger partial charge in [0, 0.05) is 7.11 Å². The summed E-state index contributed by atoms with van der Waals surface area (Å²) in [6.45, 7) is 3.11. The molecule has 8 heteroatoms. The van der Waals surface area contributed by atoms with E-state index in [1.807, 2.05) is 0 Å². The molecule has 0 aliphatic heterocycles. The Morgan fingerprint density at radius 3 is 2.65 bits per heavy atom. The van der Waals surface area contributed by atoms with Crippen LogP contribution in [0.3, 0.4) is 0 Å². The highest BCUT2D eigenvalue weighted by atomic mass is 32.2. The van der Waals surface area contributed by atoms with Crippen molar-refractivity contribution < 1.29 is 22.7 Å². The summed E-state index contributed by atoms with van der Waals surface area (Å²) in [7, 11) is -2.56. The van der Waals surface area contributed by atoms with Crippen LogP contribution in [0.4, 0.5) is 5.00 Å². The van der Waals surface area contributed by atoms with E-state index in [-0.39, 0.29) is 16.2 Å². The molecule has 0 saturated heterocycles. The van der Waals surface area contributed by atoms with Crippen molar-refractivity contribution in [2.75, 3.05) is 11.8 Å². The molecule has 2 aromatic heterocycles. The van der Waals surface area contributed by atoms with E-state index < -0.39 is 16.3 Å². The van der Waals surface area contributed by atoms with Crippen LogP contribution in [-0.4, -0.2) is 20.6 Å². The normalized spacial score (nSPS) is 13.4. The molecule has 110 valence electrons. The van der Waals surface area contributed by atoms with Gasteiger partial charge in [-0.3, -0.25) is 4.72 Å². The molecule has 0 amide bonds. The van der Waals surface area contributed by atoms with Crippen molar-refractivity contribution in [1.82, 2.24) is 0 Å². The van der Waals surface area contributed by atoms with Gasteiger partial charge in [-0.25, -0.2) is 8.42 Å². The first kappa shape index (κ1) is 15.0. The molecule has 0 aliphatic carbocycles. The lowest BCUT2D eigenvalue weighted by Gasteiger charge is -2.11. The third-order valence-electron chi connectivity index (χ3n) is 2.74. The second-order valence-electron chi connectivity index (χ2n) is 4.13. The molecule has 20 heavy (non-hydrogen) atoms. The molecule has 2 aromatic rings. The van der Waals surface area contributed by atoms with Crippen LogP contribution < -0.4 is 4.72 Å². The Labute approximate surface area is 121 Å². The zero-order valence-corrected chi connectivity index (χ0v) is 12.8. The van der Waals surface area contributed by atoms with Crippen LogP contribution in [0, 0.1) is 13.8 Å². The summed E-state index contributed by atoms with van der Waals surface area (Å²) >= 11 is 1.26. The van der Waals surface area contributed by atoms with Gasteiger partial charge in [0.05, 0.1) is 5.56 Å². The van der Waals surface area contributed by atoms with Gasteiger partial charge in [-0.1, -0.05) is 0 Å². The van der Waals surface area contributed by atoms with E-state index in [0.717, 1.165) is 0 Å². The molecule has 2 heterocycles. The van der Waals surface area contributed by atoms with E-state index in [2.05, 4.69) is 4.72 Å². The molecule has 6 nitrogen and oxygen atoms in total. The summed E-state index contributed by atoms with van der Waals surface area (Å²) in [4.78, 5) is -0.0854. The fraction of sp³-hybridized carbons (Fsp3) is 0.333. The van der Waals surface area contributed by atoms with Crippen LogP contribution >= 0.6 is 11.3 Å². The first-order valence-electron chi connectivity index (χ1n) is 5.74. The van der Waals surface area contributed by atoms with Crippen LogP contribution in [-0.2, 0) is 14.8 Å². The van der Waals surface area contributed by atoms with Gasteiger partial charge in [-0.15, -0.1) is 11.3 Å². The Balaban J connectivity index is 2.51. The maximum absolute atomic E-state index is 12.4. The molecule has 1 atom stereocenters. The highest BCUT2D eigenvalue weighted by Gasteiger charge is 2.31. The number of ether oxygens (including phenoxy) is 1. The lowest BCUT2D eigenvalue weighted by molar-refractivity contribution is -0.0794. The maximum atomic E-state index is 12.4. The topological polar surface area (TPSA) is 88.8 Å². The SMILES string of the molecule is COC(O)c1c(C)oc(C)c1S(=O)(=O)Nc1cccs1. The first-order valence-corrected chi connectivity index (χ1v) is 8.10. The van der Waals surface area contributed by atoms with Crippen LogP contribution in [0.15, 0.2) is 26.8 Å². The zero-order valence-electron chi connectivity index (χ0n) is 11.2. The summed E-state index contributed by atoms with van der Waals surface area (Å²) in [5.41, 5.74) is 0.119. The van der Waals surface area contributed by atoms with Gasteiger partial charge in [0.1, 0.15) is 21.4 Å². The number of rotatable bonds is 5. The number of aryl methyl sites for hydroxylation is 2. The molecule has 2 rings (SSSR count). The third-order valence-corrected chi connectivity index (χ3v) is 5.19. The van der Waals surface area contributed by atoms with E-state index in [4.69, 9.17) is 9.15 Å². The van der Waals surface area contributed by atoms with E-state index >= 15 is 0 Å². The Hall–Kier alpha value is -1.35. The van der Waals surface area contributed by atoms with E-state index in [0.29, 0.717) is 10.8 Å². The number of furan rings is 1. The summed E-state index contributed by atoms with van der Waals surface area (Å²) in [6.07, 6.45) is -1.36. The number of aliphatic hydroxyl groups is 1. The zero-order chi connectivity index (χ0) is 14.9. The average molecular weight is 317 g/mol. The third kappa shape index (κ3) is 2.73. The number of aliphatic hydroxyl groups excluding tert-OH is 1. The van der Waals surface area contributed by atoms with E-state index in [1.165, 1.54) is 25.4 Å². The second-order valence-corrected chi connectivity index (χ2v) is 6.70. The molecule has 0 radical (unpaired) electrons. The smallest absolute Gasteiger partial charge is 0.266 e. The van der Waals surface area contributed by atoms with Gasteiger partial charge in [0.2, 0.25) is 0 Å². The molecular weight excluding hydrogens is 302 g/mol. The number of methoxy groups -OCH3 is 1. The molecule has 0 aromatic carbocycles. The van der Waals surface area contributed by atoms with Crippen molar-refractivity contribution in [3.63, 3.8) is 0 Å². The number of anilines is 1. The van der Waals surface area contributed by atoms with Gasteiger partial charge < -0.3 is 14.3 Å². The van der Waals surface area contributed by atoms with E-state index in [9.17, 15) is 13.5 Å². The molecule has 0 saturated carbocycles. The van der Waals surface area contributed by atoms with Crippen LogP contribution in [0.1, 0.15) is 23.4 Å². The molecular formula is C12H15NO5S2. The van der Waals surface area contributed by atoms with Gasteiger partial charge >= 0.3 is 0 Å².